The number of hydrogen-bond acceptors (Lipinski definition) is 6. The number of amides is 2. The number of para-hydroxylation sites is 1. The van der Waals surface area contributed by atoms with Crippen LogP contribution >= 0.6 is 0 Å². The van der Waals surface area contributed by atoms with E-state index in [2.05, 4.69) is 41.6 Å². The van der Waals surface area contributed by atoms with Gasteiger partial charge in [-0.15, -0.1) is 5.10 Å². The zero-order valence-electron chi connectivity index (χ0n) is 25.7. The van der Waals surface area contributed by atoms with Crippen molar-refractivity contribution < 1.29 is 27.5 Å². The first-order chi connectivity index (χ1) is 20.8. The second-order valence-corrected chi connectivity index (χ2v) is 12.4. The van der Waals surface area contributed by atoms with Crippen LogP contribution in [0.3, 0.4) is 0 Å². The van der Waals surface area contributed by atoms with Gasteiger partial charge in [-0.25, -0.2) is 4.68 Å². The predicted molar refractivity (Wildman–Crippen MR) is 159 cm³/mol. The zero-order chi connectivity index (χ0) is 31.8. The molecule has 0 saturated carbocycles. The number of carbonyl (C=O) groups is 2. The number of ether oxygens (including phenoxy) is 1. The van der Waals surface area contributed by atoms with E-state index in [1.165, 1.54) is 48.9 Å². The van der Waals surface area contributed by atoms with Gasteiger partial charge >= 0.3 is 6.18 Å². The summed E-state index contributed by atoms with van der Waals surface area (Å²) >= 11 is 0. The number of nitrogens with zero attached hydrogens (tertiary/aromatic N) is 5. The summed E-state index contributed by atoms with van der Waals surface area (Å²) in [6.45, 7) is 9.91. The number of halogens is 3. The second kappa shape index (κ2) is 12.2. The molecule has 44 heavy (non-hydrogen) atoms. The molecule has 1 N–H and O–H groups in total. The van der Waals surface area contributed by atoms with Crippen LogP contribution < -0.4 is 5.32 Å². The summed E-state index contributed by atoms with van der Waals surface area (Å²) in [5.41, 5.74) is 3.11. The molecule has 5 rings (SSSR count). The van der Waals surface area contributed by atoms with E-state index >= 15 is 0 Å². The van der Waals surface area contributed by atoms with Gasteiger partial charge in [0.15, 0.2) is 6.10 Å². The molecule has 0 spiro atoms. The van der Waals surface area contributed by atoms with Crippen molar-refractivity contribution in [1.29, 1.82) is 0 Å². The minimum absolute atomic E-state index is 0.00962. The molecule has 2 unspecified atom stereocenters. The van der Waals surface area contributed by atoms with Gasteiger partial charge in [-0.1, -0.05) is 29.5 Å². The minimum Gasteiger partial charge on any atom is -0.379 e. The Kier molecular flexibility index (Phi) is 8.75. The number of likely N-dealkylation sites (tertiary alicyclic amines) is 1. The molecule has 2 aliphatic heterocycles. The number of benzene rings is 2. The molecule has 236 valence electrons. The van der Waals surface area contributed by atoms with Crippen LogP contribution in [0.2, 0.25) is 0 Å². The third-order valence-electron chi connectivity index (χ3n) is 8.66. The lowest BCUT2D eigenvalue weighted by Crippen LogP contribution is -2.66. The van der Waals surface area contributed by atoms with Crippen molar-refractivity contribution in [2.75, 3.05) is 25.0 Å². The Morgan fingerprint density at radius 3 is 2.27 bits per heavy atom. The van der Waals surface area contributed by atoms with Gasteiger partial charge in [0.25, 0.3) is 11.8 Å². The monoisotopic (exact) mass is 612 g/mol. The Labute approximate surface area is 255 Å². The van der Waals surface area contributed by atoms with Crippen LogP contribution in [0, 0.1) is 13.8 Å². The van der Waals surface area contributed by atoms with E-state index < -0.39 is 29.8 Å². The first-order valence-corrected chi connectivity index (χ1v) is 14.9. The fraction of sp³-hybridized carbons (Fsp3) is 0.500. The average Bonchev–Trinajstić information content (AvgIpc) is 3.46. The van der Waals surface area contributed by atoms with E-state index in [1.807, 2.05) is 16.9 Å². The Morgan fingerprint density at radius 1 is 1.02 bits per heavy atom. The van der Waals surface area contributed by atoms with Crippen LogP contribution in [-0.4, -0.2) is 80.2 Å². The number of aryl methyl sites for hydroxylation is 2. The van der Waals surface area contributed by atoms with Crippen molar-refractivity contribution >= 4 is 17.5 Å². The molecule has 0 bridgehead atoms. The van der Waals surface area contributed by atoms with Crippen molar-refractivity contribution in [2.24, 2.45) is 0 Å². The van der Waals surface area contributed by atoms with Crippen molar-refractivity contribution in [2.45, 2.75) is 84.0 Å². The Hall–Kier alpha value is -3.93. The molecule has 3 aromatic rings. The highest BCUT2D eigenvalue weighted by molar-refractivity contribution is 6.00. The molecule has 2 amide bonds. The molecular weight excluding hydrogens is 573 g/mol. The highest BCUT2D eigenvalue weighted by atomic mass is 19.4. The van der Waals surface area contributed by atoms with Crippen molar-refractivity contribution in [3.05, 3.63) is 76.6 Å². The fourth-order valence-electron chi connectivity index (χ4n) is 6.20. The molecule has 2 aliphatic rings. The van der Waals surface area contributed by atoms with Gasteiger partial charge in [0.05, 0.1) is 30.4 Å². The van der Waals surface area contributed by atoms with Crippen molar-refractivity contribution in [1.82, 2.24) is 24.8 Å². The highest BCUT2D eigenvalue weighted by Crippen LogP contribution is 2.39. The van der Waals surface area contributed by atoms with E-state index in [0.717, 1.165) is 11.4 Å². The van der Waals surface area contributed by atoms with Crippen LogP contribution in [-0.2, 0) is 11.3 Å². The molecule has 0 radical (unpaired) electrons. The molecule has 9 nitrogen and oxygen atoms in total. The van der Waals surface area contributed by atoms with Gasteiger partial charge in [0.2, 0.25) is 0 Å². The standard InChI is InChI=1S/C32H39F3N6O3/c1-20-8-6-9-21(2)27(20)36-17-25-19-41(38-37-25)26-12-14-39(15-13-26)28(42)23-10-7-11-24(16-23)29(43)40-18-22(3)44-30(31(40,4)5)32(33,34)35/h6-11,16,19,22,26,30,36H,12-15,17-18H2,1-5H3. The van der Waals surface area contributed by atoms with E-state index in [1.54, 1.807) is 17.0 Å². The first kappa shape index (κ1) is 31.5. The largest absolute Gasteiger partial charge is 0.416 e. The fourth-order valence-corrected chi connectivity index (χ4v) is 6.20. The third kappa shape index (κ3) is 6.45. The van der Waals surface area contributed by atoms with Crippen LogP contribution in [0.5, 0.6) is 0 Å². The molecular formula is C32H39F3N6O3. The summed E-state index contributed by atoms with van der Waals surface area (Å²) in [5, 5.41) is 12.1. The molecule has 2 atom stereocenters. The normalized spacial score (nSPS) is 20.9. The van der Waals surface area contributed by atoms with Gasteiger partial charge in [-0.2, -0.15) is 13.2 Å². The molecule has 0 aliphatic carbocycles. The lowest BCUT2D eigenvalue weighted by atomic mass is 9.90. The van der Waals surface area contributed by atoms with E-state index in [-0.39, 0.29) is 24.1 Å². The number of rotatable bonds is 6. The third-order valence-corrected chi connectivity index (χ3v) is 8.66. The van der Waals surface area contributed by atoms with Gasteiger partial charge in [0.1, 0.15) is 5.69 Å². The first-order valence-electron chi connectivity index (χ1n) is 14.9. The van der Waals surface area contributed by atoms with Crippen LogP contribution in [0.15, 0.2) is 48.7 Å². The Bertz CT molecular complexity index is 1490. The topological polar surface area (TPSA) is 92.6 Å². The van der Waals surface area contributed by atoms with Gasteiger partial charge in [-0.3, -0.25) is 9.59 Å². The quantitative estimate of drug-likeness (QED) is 0.392. The predicted octanol–water partition coefficient (Wildman–Crippen LogP) is 5.55. The number of aromatic nitrogens is 3. The van der Waals surface area contributed by atoms with Crippen molar-refractivity contribution in [3.63, 3.8) is 0 Å². The second-order valence-electron chi connectivity index (χ2n) is 12.4. The Balaban J connectivity index is 1.20. The SMILES string of the molecule is Cc1cccc(C)c1NCc1cn(C2CCN(C(=O)c3cccc(C(=O)N4CC(C)OC(C(F)(F)F)C4(C)C)c3)CC2)nn1. The summed E-state index contributed by atoms with van der Waals surface area (Å²) in [5.74, 6) is -0.792. The van der Waals surface area contributed by atoms with Crippen molar-refractivity contribution in [3.8, 4) is 0 Å². The summed E-state index contributed by atoms with van der Waals surface area (Å²) in [4.78, 5) is 29.9. The molecule has 2 saturated heterocycles. The van der Waals surface area contributed by atoms with E-state index in [4.69, 9.17) is 4.74 Å². The summed E-state index contributed by atoms with van der Waals surface area (Å²) in [6.07, 6.45) is -4.23. The summed E-state index contributed by atoms with van der Waals surface area (Å²) in [6, 6.07) is 12.5. The highest BCUT2D eigenvalue weighted by Gasteiger charge is 2.57. The number of piperidine rings is 1. The molecule has 3 heterocycles. The number of anilines is 1. The molecule has 1 aromatic heterocycles. The number of morpholine rings is 1. The maximum absolute atomic E-state index is 13.8. The van der Waals surface area contributed by atoms with Gasteiger partial charge in [-0.05, 0) is 76.8 Å². The number of carbonyl (C=O) groups excluding carboxylic acids is 2. The van der Waals surface area contributed by atoms with Crippen LogP contribution in [0.1, 0.15) is 77.2 Å². The molecule has 2 aromatic carbocycles. The Morgan fingerprint density at radius 2 is 1.64 bits per heavy atom. The smallest absolute Gasteiger partial charge is 0.379 e. The molecule has 2 fully saturated rings. The average molecular weight is 613 g/mol. The van der Waals surface area contributed by atoms with Gasteiger partial charge in [0, 0.05) is 36.4 Å². The molecule has 12 heteroatoms. The van der Waals surface area contributed by atoms with E-state index in [9.17, 15) is 22.8 Å². The summed E-state index contributed by atoms with van der Waals surface area (Å²) in [7, 11) is 0. The number of nitrogens with one attached hydrogen (secondary N) is 1. The van der Waals surface area contributed by atoms with E-state index in [0.29, 0.717) is 38.0 Å². The lowest BCUT2D eigenvalue weighted by Gasteiger charge is -2.50. The number of hydrogen-bond donors (Lipinski definition) is 1. The minimum atomic E-state index is -4.63. The van der Waals surface area contributed by atoms with Gasteiger partial charge < -0.3 is 19.9 Å². The lowest BCUT2D eigenvalue weighted by molar-refractivity contribution is -0.279. The maximum Gasteiger partial charge on any atom is 0.416 e. The van der Waals surface area contributed by atoms with Crippen LogP contribution in [0.4, 0.5) is 18.9 Å². The maximum atomic E-state index is 13.8. The number of alkyl halides is 3. The summed E-state index contributed by atoms with van der Waals surface area (Å²) < 4.78 is 48.4. The van der Waals surface area contributed by atoms with Crippen LogP contribution in [0.25, 0.3) is 0 Å². The zero-order valence-corrected chi connectivity index (χ0v) is 25.7.